The molecule has 126 valence electrons. The number of carbonyl (C=O) groups excluding carboxylic acids is 1. The molecule has 24 heavy (non-hydrogen) atoms. The van der Waals surface area contributed by atoms with Crippen molar-refractivity contribution in [2.75, 3.05) is 12.4 Å². The van der Waals surface area contributed by atoms with Gasteiger partial charge in [-0.3, -0.25) is 4.79 Å². The van der Waals surface area contributed by atoms with Crippen LogP contribution in [0.15, 0.2) is 42.5 Å². The highest BCUT2D eigenvalue weighted by atomic mass is 16.5. The van der Waals surface area contributed by atoms with Gasteiger partial charge in [0.05, 0.1) is 13.0 Å². The van der Waals surface area contributed by atoms with Crippen LogP contribution >= 0.6 is 0 Å². The molecule has 0 aliphatic heterocycles. The fourth-order valence-corrected chi connectivity index (χ4v) is 3.36. The summed E-state index contributed by atoms with van der Waals surface area (Å²) >= 11 is 0. The number of anilines is 1. The Morgan fingerprint density at radius 1 is 1.17 bits per heavy atom. The summed E-state index contributed by atoms with van der Waals surface area (Å²) in [5, 5.41) is 3.08. The molecule has 0 aromatic heterocycles. The van der Waals surface area contributed by atoms with E-state index in [0.29, 0.717) is 5.92 Å². The van der Waals surface area contributed by atoms with E-state index in [1.807, 2.05) is 24.3 Å². The largest absolute Gasteiger partial charge is 0.497 e. The average Bonchev–Trinajstić information content (AvgIpc) is 2.61. The first-order valence-corrected chi connectivity index (χ1v) is 8.66. The van der Waals surface area contributed by atoms with E-state index in [1.54, 1.807) is 7.11 Å². The van der Waals surface area contributed by atoms with Crippen LogP contribution < -0.4 is 10.1 Å². The summed E-state index contributed by atoms with van der Waals surface area (Å²) in [6, 6.07) is 14.2. The Labute approximate surface area is 144 Å². The van der Waals surface area contributed by atoms with E-state index in [1.165, 1.54) is 11.1 Å². The second-order valence-corrected chi connectivity index (χ2v) is 6.78. The van der Waals surface area contributed by atoms with Crippen LogP contribution in [0.5, 0.6) is 5.75 Å². The molecule has 1 aliphatic carbocycles. The second-order valence-electron chi connectivity index (χ2n) is 6.78. The topological polar surface area (TPSA) is 38.3 Å². The summed E-state index contributed by atoms with van der Waals surface area (Å²) in [5.74, 6) is 1.28. The van der Waals surface area contributed by atoms with Gasteiger partial charge >= 0.3 is 0 Å². The normalized spacial score (nSPS) is 16.6. The minimum absolute atomic E-state index is 0.0708. The molecule has 2 aromatic rings. The number of methoxy groups -OCH3 is 1. The van der Waals surface area contributed by atoms with Crippen LogP contribution in [0.4, 0.5) is 5.69 Å². The van der Waals surface area contributed by atoms with E-state index >= 15 is 0 Å². The number of aryl methyl sites for hydroxylation is 1. The molecule has 0 fully saturated rings. The molecular weight excluding hydrogens is 298 g/mol. The Balaban J connectivity index is 1.79. The minimum atomic E-state index is -0.103. The number of ether oxygens (including phenoxy) is 1. The number of carbonyl (C=O) groups is 1. The van der Waals surface area contributed by atoms with Gasteiger partial charge in [0.15, 0.2) is 0 Å². The van der Waals surface area contributed by atoms with Gasteiger partial charge in [0.2, 0.25) is 5.91 Å². The van der Waals surface area contributed by atoms with Crippen LogP contribution in [0.2, 0.25) is 0 Å². The van der Waals surface area contributed by atoms with Gasteiger partial charge in [-0.05, 0) is 66.1 Å². The molecule has 0 saturated heterocycles. The zero-order valence-corrected chi connectivity index (χ0v) is 14.6. The third-order valence-electron chi connectivity index (χ3n) is 4.83. The Kier molecular flexibility index (Phi) is 4.89. The lowest BCUT2D eigenvalue weighted by Crippen LogP contribution is -2.24. The molecular formula is C21H25NO2. The molecule has 1 aliphatic rings. The lowest BCUT2D eigenvalue weighted by Gasteiger charge is -2.25. The smallest absolute Gasteiger partial charge is 0.231 e. The highest BCUT2D eigenvalue weighted by Gasteiger charge is 2.27. The van der Waals surface area contributed by atoms with Crippen LogP contribution in [0, 0.1) is 0 Å². The first kappa shape index (κ1) is 16.6. The minimum Gasteiger partial charge on any atom is -0.497 e. The molecule has 0 heterocycles. The van der Waals surface area contributed by atoms with Crippen molar-refractivity contribution in [1.29, 1.82) is 0 Å². The highest BCUT2D eigenvalue weighted by Crippen LogP contribution is 2.35. The maximum absolute atomic E-state index is 12.8. The quantitative estimate of drug-likeness (QED) is 0.871. The van der Waals surface area contributed by atoms with Gasteiger partial charge in [-0.15, -0.1) is 0 Å². The first-order chi connectivity index (χ1) is 11.6. The van der Waals surface area contributed by atoms with Crippen molar-refractivity contribution in [2.24, 2.45) is 0 Å². The maximum Gasteiger partial charge on any atom is 0.231 e. The monoisotopic (exact) mass is 323 g/mol. The molecule has 0 spiro atoms. The summed E-state index contributed by atoms with van der Waals surface area (Å²) in [6.07, 6.45) is 2.96. The van der Waals surface area contributed by atoms with Crippen molar-refractivity contribution < 1.29 is 9.53 Å². The summed E-state index contributed by atoms with van der Waals surface area (Å²) < 4.78 is 5.33. The third-order valence-corrected chi connectivity index (χ3v) is 4.83. The number of hydrogen-bond acceptors (Lipinski definition) is 2. The summed E-state index contributed by atoms with van der Waals surface area (Å²) in [5.41, 5.74) is 4.51. The van der Waals surface area contributed by atoms with Crippen molar-refractivity contribution in [3.63, 3.8) is 0 Å². The highest BCUT2D eigenvalue weighted by molar-refractivity contribution is 5.96. The van der Waals surface area contributed by atoms with Crippen LogP contribution in [0.3, 0.4) is 0 Å². The van der Waals surface area contributed by atoms with E-state index in [0.717, 1.165) is 36.3 Å². The number of amides is 1. The van der Waals surface area contributed by atoms with Crippen LogP contribution in [0.25, 0.3) is 0 Å². The third kappa shape index (κ3) is 3.45. The number of nitrogens with one attached hydrogen (secondary N) is 1. The van der Waals surface area contributed by atoms with E-state index in [2.05, 4.69) is 37.4 Å². The van der Waals surface area contributed by atoms with E-state index in [4.69, 9.17) is 4.74 Å². The summed E-state index contributed by atoms with van der Waals surface area (Å²) in [4.78, 5) is 12.8. The van der Waals surface area contributed by atoms with Crippen LogP contribution in [-0.2, 0) is 11.2 Å². The van der Waals surface area contributed by atoms with Crippen molar-refractivity contribution in [3.05, 3.63) is 59.2 Å². The van der Waals surface area contributed by atoms with Crippen LogP contribution in [0.1, 0.15) is 55.2 Å². The standard InChI is InChI=1S/C21H25NO2/c1-14(2)15-7-10-17(11-8-15)22-21(23)19-6-4-5-16-9-12-18(24-3)13-20(16)19/h7-14,19H,4-6H2,1-3H3,(H,22,23). The molecule has 3 heteroatoms. The maximum atomic E-state index is 12.8. The second kappa shape index (κ2) is 7.08. The molecule has 1 atom stereocenters. The van der Waals surface area contributed by atoms with Gasteiger partial charge in [0.1, 0.15) is 5.75 Å². The van der Waals surface area contributed by atoms with E-state index < -0.39 is 0 Å². The molecule has 2 aromatic carbocycles. The van der Waals surface area contributed by atoms with Gasteiger partial charge in [-0.1, -0.05) is 32.0 Å². The fourth-order valence-electron chi connectivity index (χ4n) is 3.36. The predicted molar refractivity (Wildman–Crippen MR) is 97.8 cm³/mol. The molecule has 3 rings (SSSR count). The van der Waals surface area contributed by atoms with Gasteiger partial charge < -0.3 is 10.1 Å². The van der Waals surface area contributed by atoms with Gasteiger partial charge in [-0.25, -0.2) is 0 Å². The van der Waals surface area contributed by atoms with E-state index in [-0.39, 0.29) is 11.8 Å². The predicted octanol–water partition coefficient (Wildman–Crippen LogP) is 4.88. The van der Waals surface area contributed by atoms with Crippen molar-refractivity contribution in [2.45, 2.75) is 44.9 Å². The van der Waals surface area contributed by atoms with Gasteiger partial charge in [0, 0.05) is 5.69 Å². The Morgan fingerprint density at radius 2 is 1.92 bits per heavy atom. The van der Waals surface area contributed by atoms with Crippen LogP contribution in [-0.4, -0.2) is 13.0 Å². The Morgan fingerprint density at radius 3 is 2.58 bits per heavy atom. The van der Waals surface area contributed by atoms with E-state index in [9.17, 15) is 4.79 Å². The first-order valence-electron chi connectivity index (χ1n) is 8.66. The molecule has 1 amide bonds. The van der Waals surface area contributed by atoms with Crippen molar-refractivity contribution in [1.82, 2.24) is 0 Å². The van der Waals surface area contributed by atoms with Crippen molar-refractivity contribution >= 4 is 11.6 Å². The zero-order valence-electron chi connectivity index (χ0n) is 14.6. The Hall–Kier alpha value is -2.29. The molecule has 1 N–H and O–H groups in total. The van der Waals surface area contributed by atoms with Crippen molar-refractivity contribution in [3.8, 4) is 5.75 Å². The zero-order chi connectivity index (χ0) is 17.1. The molecule has 3 nitrogen and oxygen atoms in total. The van der Waals surface area contributed by atoms with Gasteiger partial charge in [0.25, 0.3) is 0 Å². The fraction of sp³-hybridized carbons (Fsp3) is 0.381. The molecule has 0 saturated carbocycles. The Bertz CT molecular complexity index is 719. The lowest BCUT2D eigenvalue weighted by atomic mass is 9.82. The average molecular weight is 323 g/mol. The lowest BCUT2D eigenvalue weighted by molar-refractivity contribution is -0.117. The summed E-state index contributed by atoms with van der Waals surface area (Å²) in [7, 11) is 1.66. The number of rotatable bonds is 4. The molecule has 0 radical (unpaired) electrons. The SMILES string of the molecule is COc1ccc2c(c1)C(C(=O)Nc1ccc(C(C)C)cc1)CCC2. The number of fused-ring (bicyclic) bond motifs is 1. The number of hydrogen-bond donors (Lipinski definition) is 1. The van der Waals surface area contributed by atoms with Gasteiger partial charge in [-0.2, -0.15) is 0 Å². The molecule has 1 unspecified atom stereocenters. The number of benzene rings is 2. The summed E-state index contributed by atoms with van der Waals surface area (Å²) in [6.45, 7) is 4.33. The molecule has 0 bridgehead atoms.